The van der Waals surface area contributed by atoms with Gasteiger partial charge in [-0.2, -0.15) is 0 Å². The maximum Gasteiger partial charge on any atom is 0.410 e. The first-order valence-corrected chi connectivity index (χ1v) is 17.9. The molecule has 3 N–H and O–H groups in total. The van der Waals surface area contributed by atoms with Crippen LogP contribution in [0.3, 0.4) is 0 Å². The molecule has 13 heteroatoms. The van der Waals surface area contributed by atoms with Crippen molar-refractivity contribution in [3.63, 3.8) is 0 Å². The lowest BCUT2D eigenvalue weighted by Gasteiger charge is -2.30. The van der Waals surface area contributed by atoms with Crippen LogP contribution in [0.2, 0.25) is 0 Å². The summed E-state index contributed by atoms with van der Waals surface area (Å²) in [6, 6.07) is 5.29. The molecule has 1 heterocycles. The Labute approximate surface area is 297 Å². The monoisotopic (exact) mass is 701 g/mol. The summed E-state index contributed by atoms with van der Waals surface area (Å²) >= 11 is 0. The van der Waals surface area contributed by atoms with Crippen LogP contribution in [0.15, 0.2) is 30.3 Å². The molecule has 1 aliphatic heterocycles. The molecule has 2 rings (SSSR count). The molecule has 4 atom stereocenters. The van der Waals surface area contributed by atoms with E-state index < -0.39 is 59.6 Å². The molecule has 5 amide bonds. The Morgan fingerprint density at radius 3 is 2.08 bits per heavy atom. The Balaban J connectivity index is 2.24. The molecule has 280 valence electrons. The van der Waals surface area contributed by atoms with Gasteiger partial charge in [-0.15, -0.1) is 0 Å². The summed E-state index contributed by atoms with van der Waals surface area (Å²) in [5.74, 6) is -2.81. The normalized spacial score (nSPS) is 16.3. The topological polar surface area (TPSA) is 163 Å². The molecule has 0 aromatic heterocycles. The SMILES string of the molecule is CCN(CC)C(=O)[C@@H](NC(=O)[C@H](CCC(=O)OC(C)(C)C)NC(=O)[C@H](CC(C)C)NC(=O)[C@@H]1CCCN1C(=O)OCc1ccccc1)C(C)C. The third kappa shape index (κ3) is 13.6. The van der Waals surface area contributed by atoms with Crippen molar-refractivity contribution in [2.75, 3.05) is 19.6 Å². The zero-order valence-electron chi connectivity index (χ0n) is 31.4. The standard InChI is InChI=1S/C37H59N5O8/c1-10-41(11-2)35(47)31(25(5)6)40-32(44)27(19-20-30(43)50-37(7,8)9)38-33(45)28(22-24(3)4)39-34(46)29-18-15-21-42(29)36(48)49-23-26-16-13-12-14-17-26/h12-14,16-17,24-25,27-29,31H,10-11,15,18-23H2,1-9H3,(H,38,45)(H,39,46)(H,40,44)/t27-,28-,29-,31-/m0/s1. The van der Waals surface area contributed by atoms with Crippen LogP contribution < -0.4 is 16.0 Å². The van der Waals surface area contributed by atoms with Gasteiger partial charge < -0.3 is 30.3 Å². The van der Waals surface area contributed by atoms with E-state index in [0.29, 0.717) is 32.5 Å². The van der Waals surface area contributed by atoms with E-state index in [1.54, 1.807) is 25.7 Å². The van der Waals surface area contributed by atoms with Gasteiger partial charge in [0.15, 0.2) is 0 Å². The maximum atomic E-state index is 13.8. The molecule has 1 aliphatic rings. The zero-order valence-corrected chi connectivity index (χ0v) is 31.4. The molecule has 0 radical (unpaired) electrons. The molecule has 13 nitrogen and oxygen atoms in total. The van der Waals surface area contributed by atoms with Gasteiger partial charge in [-0.05, 0) is 77.7 Å². The first kappa shape index (κ1) is 42.0. The number of likely N-dealkylation sites (N-methyl/N-ethyl adjacent to an activating group) is 1. The number of nitrogens with zero attached hydrogens (tertiary/aromatic N) is 2. The number of hydrogen-bond acceptors (Lipinski definition) is 8. The summed E-state index contributed by atoms with van der Waals surface area (Å²) in [5.41, 5.74) is 0.0725. The number of benzene rings is 1. The fraction of sp³-hybridized carbons (Fsp3) is 0.676. The van der Waals surface area contributed by atoms with Crippen LogP contribution in [0, 0.1) is 11.8 Å². The van der Waals surface area contributed by atoms with Crippen molar-refractivity contribution in [1.82, 2.24) is 25.8 Å². The van der Waals surface area contributed by atoms with E-state index >= 15 is 0 Å². The van der Waals surface area contributed by atoms with Gasteiger partial charge >= 0.3 is 12.1 Å². The van der Waals surface area contributed by atoms with E-state index in [2.05, 4.69) is 16.0 Å². The summed E-state index contributed by atoms with van der Waals surface area (Å²) < 4.78 is 10.9. The van der Waals surface area contributed by atoms with E-state index in [-0.39, 0.29) is 43.6 Å². The van der Waals surface area contributed by atoms with E-state index in [0.717, 1.165) is 5.56 Å². The lowest BCUT2D eigenvalue weighted by Crippen LogP contribution is -2.59. The van der Waals surface area contributed by atoms with Crippen LogP contribution in [0.25, 0.3) is 0 Å². The third-order valence-electron chi connectivity index (χ3n) is 8.33. The van der Waals surface area contributed by atoms with Crippen molar-refractivity contribution >= 4 is 35.7 Å². The second kappa shape index (κ2) is 19.9. The average molecular weight is 702 g/mol. The minimum atomic E-state index is -1.21. The van der Waals surface area contributed by atoms with Gasteiger partial charge in [0.25, 0.3) is 0 Å². The van der Waals surface area contributed by atoms with E-state index in [4.69, 9.17) is 9.47 Å². The first-order valence-electron chi connectivity index (χ1n) is 17.9. The number of hydrogen-bond donors (Lipinski definition) is 3. The number of amides is 5. The number of nitrogens with one attached hydrogen (secondary N) is 3. The lowest BCUT2D eigenvalue weighted by atomic mass is 10.00. The van der Waals surface area contributed by atoms with Gasteiger partial charge in [-0.3, -0.25) is 28.9 Å². The highest BCUT2D eigenvalue weighted by molar-refractivity contribution is 5.95. The lowest BCUT2D eigenvalue weighted by molar-refractivity contribution is -0.155. The molecule has 0 aliphatic carbocycles. The Morgan fingerprint density at radius 1 is 0.900 bits per heavy atom. The van der Waals surface area contributed by atoms with Crippen LogP contribution >= 0.6 is 0 Å². The fourth-order valence-electron chi connectivity index (χ4n) is 5.73. The maximum absolute atomic E-state index is 13.8. The van der Waals surface area contributed by atoms with Crippen LogP contribution in [0.1, 0.15) is 100.0 Å². The molecule has 1 saturated heterocycles. The van der Waals surface area contributed by atoms with Crippen molar-refractivity contribution in [3.8, 4) is 0 Å². The van der Waals surface area contributed by atoms with Gasteiger partial charge in [0.1, 0.15) is 36.4 Å². The van der Waals surface area contributed by atoms with Crippen LogP contribution in [0.5, 0.6) is 0 Å². The van der Waals surface area contributed by atoms with Gasteiger partial charge in [0.05, 0.1) is 0 Å². The number of rotatable bonds is 17. The van der Waals surface area contributed by atoms with Gasteiger partial charge in [0, 0.05) is 26.1 Å². The predicted molar refractivity (Wildman–Crippen MR) is 189 cm³/mol. The van der Waals surface area contributed by atoms with Crippen LogP contribution in [0.4, 0.5) is 4.79 Å². The molecule has 1 aromatic rings. The number of likely N-dealkylation sites (tertiary alicyclic amines) is 1. The molecular weight excluding hydrogens is 642 g/mol. The molecular formula is C37H59N5O8. The molecule has 0 bridgehead atoms. The average Bonchev–Trinajstić information content (AvgIpc) is 3.54. The van der Waals surface area contributed by atoms with Crippen molar-refractivity contribution in [2.45, 2.75) is 131 Å². The Hall–Kier alpha value is -4.16. The quantitative estimate of drug-likeness (QED) is 0.206. The van der Waals surface area contributed by atoms with Crippen LogP contribution in [-0.4, -0.2) is 94.9 Å². The highest BCUT2D eigenvalue weighted by atomic mass is 16.6. The largest absolute Gasteiger partial charge is 0.460 e. The highest BCUT2D eigenvalue weighted by Crippen LogP contribution is 2.20. The molecule has 1 aromatic carbocycles. The second-order valence-electron chi connectivity index (χ2n) is 14.5. The fourth-order valence-corrected chi connectivity index (χ4v) is 5.73. The zero-order chi connectivity index (χ0) is 37.6. The minimum absolute atomic E-state index is 0.0207. The van der Waals surface area contributed by atoms with Crippen molar-refractivity contribution in [3.05, 3.63) is 35.9 Å². The number of ether oxygens (including phenoxy) is 2. The summed E-state index contributed by atoms with van der Waals surface area (Å²) in [6.45, 7) is 17.7. The van der Waals surface area contributed by atoms with Crippen molar-refractivity contribution in [1.29, 1.82) is 0 Å². The van der Waals surface area contributed by atoms with E-state index in [1.807, 2.05) is 71.9 Å². The number of esters is 1. The summed E-state index contributed by atoms with van der Waals surface area (Å²) in [4.78, 5) is 83.1. The Morgan fingerprint density at radius 2 is 1.52 bits per heavy atom. The summed E-state index contributed by atoms with van der Waals surface area (Å²) in [5, 5.41) is 8.37. The smallest absolute Gasteiger partial charge is 0.410 e. The third-order valence-corrected chi connectivity index (χ3v) is 8.33. The first-order chi connectivity index (χ1) is 23.5. The second-order valence-corrected chi connectivity index (χ2v) is 14.5. The molecule has 50 heavy (non-hydrogen) atoms. The van der Waals surface area contributed by atoms with E-state index in [9.17, 15) is 28.8 Å². The molecule has 0 unspecified atom stereocenters. The van der Waals surface area contributed by atoms with E-state index in [1.165, 1.54) is 4.90 Å². The molecule has 1 fully saturated rings. The summed E-state index contributed by atoms with van der Waals surface area (Å²) in [6.07, 6.45) is 0.362. The number of carbonyl (C=O) groups excluding carboxylic acids is 6. The molecule has 0 saturated carbocycles. The Kier molecular flexibility index (Phi) is 16.7. The van der Waals surface area contributed by atoms with Crippen molar-refractivity contribution in [2.24, 2.45) is 11.8 Å². The van der Waals surface area contributed by atoms with Gasteiger partial charge in [0.2, 0.25) is 23.6 Å². The predicted octanol–water partition coefficient (Wildman–Crippen LogP) is 3.93. The van der Waals surface area contributed by atoms with Gasteiger partial charge in [-0.1, -0.05) is 58.0 Å². The summed E-state index contributed by atoms with van der Waals surface area (Å²) in [7, 11) is 0. The Bertz CT molecular complexity index is 1290. The highest BCUT2D eigenvalue weighted by Gasteiger charge is 2.38. The number of carbonyl (C=O) groups is 6. The van der Waals surface area contributed by atoms with Crippen LogP contribution in [-0.2, 0) is 40.1 Å². The minimum Gasteiger partial charge on any atom is -0.460 e. The molecule has 0 spiro atoms. The van der Waals surface area contributed by atoms with Gasteiger partial charge in [-0.25, -0.2) is 4.79 Å². The van der Waals surface area contributed by atoms with Crippen molar-refractivity contribution < 1.29 is 38.2 Å².